The van der Waals surface area contributed by atoms with Gasteiger partial charge < -0.3 is 14.8 Å². The van der Waals surface area contributed by atoms with E-state index < -0.39 is 0 Å². The maximum Gasteiger partial charge on any atom is 0.223 e. The highest BCUT2D eigenvalue weighted by atomic mass is 16.2. The number of nitrogens with one attached hydrogen (secondary N) is 1. The van der Waals surface area contributed by atoms with Crippen LogP contribution in [0, 0.1) is 12.8 Å². The molecule has 0 radical (unpaired) electrons. The number of likely N-dealkylation sites (tertiary alicyclic amines) is 1. The SMILES string of the molecule is Cc1nccn1-c1ccccc1CNCCC(=O)N1CCCC(C)C1. The molecule has 1 unspecified atom stereocenters. The number of aromatic nitrogens is 2. The average molecular weight is 340 g/mol. The van der Waals surface area contributed by atoms with Crippen molar-refractivity contribution in [2.45, 2.75) is 39.7 Å². The van der Waals surface area contributed by atoms with Crippen molar-refractivity contribution in [2.75, 3.05) is 19.6 Å². The number of rotatable bonds is 6. The minimum Gasteiger partial charge on any atom is -0.342 e. The lowest BCUT2D eigenvalue weighted by molar-refractivity contribution is -0.132. The lowest BCUT2D eigenvalue weighted by Crippen LogP contribution is -2.40. The molecule has 2 aromatic rings. The maximum atomic E-state index is 12.3. The van der Waals surface area contributed by atoms with E-state index in [4.69, 9.17) is 0 Å². The number of para-hydroxylation sites is 1. The summed E-state index contributed by atoms with van der Waals surface area (Å²) in [5.74, 6) is 1.88. The van der Waals surface area contributed by atoms with Gasteiger partial charge in [-0.1, -0.05) is 25.1 Å². The summed E-state index contributed by atoms with van der Waals surface area (Å²) >= 11 is 0. The van der Waals surface area contributed by atoms with E-state index in [0.717, 1.165) is 37.6 Å². The second-order valence-electron chi connectivity index (χ2n) is 6.99. The van der Waals surface area contributed by atoms with Crippen molar-refractivity contribution in [3.63, 3.8) is 0 Å². The molecule has 134 valence electrons. The zero-order valence-corrected chi connectivity index (χ0v) is 15.2. The summed E-state index contributed by atoms with van der Waals surface area (Å²) in [5.41, 5.74) is 2.35. The molecule has 2 heterocycles. The number of hydrogen-bond acceptors (Lipinski definition) is 3. The molecule has 5 nitrogen and oxygen atoms in total. The van der Waals surface area contributed by atoms with Crippen molar-refractivity contribution in [3.8, 4) is 5.69 Å². The number of carbonyl (C=O) groups is 1. The van der Waals surface area contributed by atoms with E-state index in [1.807, 2.05) is 36.4 Å². The van der Waals surface area contributed by atoms with Gasteiger partial charge in [0.2, 0.25) is 5.91 Å². The molecule has 25 heavy (non-hydrogen) atoms. The van der Waals surface area contributed by atoms with E-state index in [1.54, 1.807) is 0 Å². The lowest BCUT2D eigenvalue weighted by Gasteiger charge is -2.31. The normalized spacial score (nSPS) is 17.7. The van der Waals surface area contributed by atoms with Gasteiger partial charge in [0, 0.05) is 45.0 Å². The number of amides is 1. The fraction of sp³-hybridized carbons (Fsp3) is 0.500. The maximum absolute atomic E-state index is 12.3. The van der Waals surface area contributed by atoms with Crippen LogP contribution in [0.1, 0.15) is 37.6 Å². The molecule has 0 saturated carbocycles. The molecule has 1 N–H and O–H groups in total. The molecule has 3 rings (SSSR count). The van der Waals surface area contributed by atoms with E-state index in [-0.39, 0.29) is 5.91 Å². The van der Waals surface area contributed by atoms with Crippen LogP contribution in [-0.4, -0.2) is 40.0 Å². The molecule has 1 aliphatic rings. The quantitative estimate of drug-likeness (QED) is 0.823. The Balaban J connectivity index is 1.51. The Labute approximate surface area is 150 Å². The third-order valence-corrected chi connectivity index (χ3v) is 4.92. The predicted molar refractivity (Wildman–Crippen MR) is 99.6 cm³/mol. The number of aryl methyl sites for hydroxylation is 1. The van der Waals surface area contributed by atoms with Crippen LogP contribution >= 0.6 is 0 Å². The van der Waals surface area contributed by atoms with Crippen LogP contribution in [0.5, 0.6) is 0 Å². The first kappa shape index (κ1) is 17.7. The van der Waals surface area contributed by atoms with Crippen molar-refractivity contribution < 1.29 is 4.79 Å². The van der Waals surface area contributed by atoms with Crippen LogP contribution in [0.15, 0.2) is 36.7 Å². The fourth-order valence-corrected chi connectivity index (χ4v) is 3.52. The Kier molecular flexibility index (Phi) is 5.87. The molecule has 1 aromatic heterocycles. The third-order valence-electron chi connectivity index (χ3n) is 4.92. The van der Waals surface area contributed by atoms with Gasteiger partial charge in [-0.05, 0) is 37.3 Å². The molecular weight excluding hydrogens is 312 g/mol. The van der Waals surface area contributed by atoms with Crippen molar-refractivity contribution in [3.05, 3.63) is 48.0 Å². The van der Waals surface area contributed by atoms with E-state index in [1.165, 1.54) is 12.0 Å². The summed E-state index contributed by atoms with van der Waals surface area (Å²) in [5, 5.41) is 3.42. The summed E-state index contributed by atoms with van der Waals surface area (Å²) in [6.45, 7) is 7.53. The molecule has 1 saturated heterocycles. The molecule has 1 amide bonds. The number of piperidine rings is 1. The number of nitrogens with zero attached hydrogens (tertiary/aromatic N) is 3. The molecule has 5 heteroatoms. The monoisotopic (exact) mass is 340 g/mol. The van der Waals surface area contributed by atoms with Gasteiger partial charge >= 0.3 is 0 Å². The van der Waals surface area contributed by atoms with Crippen LogP contribution in [0.25, 0.3) is 5.69 Å². The van der Waals surface area contributed by atoms with Gasteiger partial charge in [-0.15, -0.1) is 0 Å². The van der Waals surface area contributed by atoms with Crippen molar-refractivity contribution in [2.24, 2.45) is 5.92 Å². The Bertz CT molecular complexity index is 709. The number of benzene rings is 1. The van der Waals surface area contributed by atoms with Crippen molar-refractivity contribution >= 4 is 5.91 Å². The van der Waals surface area contributed by atoms with Crippen LogP contribution < -0.4 is 5.32 Å². The van der Waals surface area contributed by atoms with Gasteiger partial charge in [-0.25, -0.2) is 4.98 Å². The van der Waals surface area contributed by atoms with Crippen LogP contribution in [0.2, 0.25) is 0 Å². The lowest BCUT2D eigenvalue weighted by atomic mass is 10.00. The highest BCUT2D eigenvalue weighted by Gasteiger charge is 2.20. The third kappa shape index (κ3) is 4.48. The zero-order chi connectivity index (χ0) is 17.6. The van der Waals surface area contributed by atoms with Crippen LogP contribution in [-0.2, 0) is 11.3 Å². The Hall–Kier alpha value is -2.14. The smallest absolute Gasteiger partial charge is 0.223 e. The van der Waals surface area contributed by atoms with Crippen molar-refractivity contribution in [1.29, 1.82) is 0 Å². The largest absolute Gasteiger partial charge is 0.342 e. The van der Waals surface area contributed by atoms with Gasteiger partial charge in [0.25, 0.3) is 0 Å². The first-order valence-corrected chi connectivity index (χ1v) is 9.22. The average Bonchev–Trinajstić information content (AvgIpc) is 3.04. The molecule has 1 atom stereocenters. The first-order valence-electron chi connectivity index (χ1n) is 9.22. The second kappa shape index (κ2) is 8.30. The summed E-state index contributed by atoms with van der Waals surface area (Å²) in [6, 6.07) is 8.31. The van der Waals surface area contributed by atoms with E-state index >= 15 is 0 Å². The molecule has 1 aromatic carbocycles. The van der Waals surface area contributed by atoms with Crippen LogP contribution in [0.3, 0.4) is 0 Å². The Morgan fingerprint density at radius 1 is 1.36 bits per heavy atom. The molecule has 0 aliphatic carbocycles. The van der Waals surface area contributed by atoms with E-state index in [9.17, 15) is 4.79 Å². The summed E-state index contributed by atoms with van der Waals surface area (Å²) < 4.78 is 2.09. The highest BCUT2D eigenvalue weighted by molar-refractivity contribution is 5.76. The van der Waals surface area contributed by atoms with Crippen molar-refractivity contribution in [1.82, 2.24) is 19.8 Å². The molecule has 0 spiro atoms. The highest BCUT2D eigenvalue weighted by Crippen LogP contribution is 2.17. The van der Waals surface area contributed by atoms with Gasteiger partial charge in [0.05, 0.1) is 5.69 Å². The van der Waals surface area contributed by atoms with Gasteiger partial charge in [0.15, 0.2) is 0 Å². The predicted octanol–water partition coefficient (Wildman–Crippen LogP) is 2.92. The fourth-order valence-electron chi connectivity index (χ4n) is 3.52. The molecule has 1 fully saturated rings. The zero-order valence-electron chi connectivity index (χ0n) is 15.2. The number of carbonyl (C=O) groups excluding carboxylic acids is 1. The summed E-state index contributed by atoms with van der Waals surface area (Å²) in [4.78, 5) is 18.7. The Morgan fingerprint density at radius 2 is 2.20 bits per heavy atom. The number of hydrogen-bond donors (Lipinski definition) is 1. The summed E-state index contributed by atoms with van der Waals surface area (Å²) in [6.07, 6.45) is 6.75. The minimum atomic E-state index is 0.276. The molecular formula is C20H28N4O. The van der Waals surface area contributed by atoms with Gasteiger partial charge in [-0.2, -0.15) is 0 Å². The van der Waals surface area contributed by atoms with Gasteiger partial charge in [-0.3, -0.25) is 4.79 Å². The number of imidazole rings is 1. The van der Waals surface area contributed by atoms with E-state index in [0.29, 0.717) is 18.9 Å². The Morgan fingerprint density at radius 3 is 2.96 bits per heavy atom. The van der Waals surface area contributed by atoms with Gasteiger partial charge in [0.1, 0.15) is 5.82 Å². The standard InChI is InChI=1S/C20H28N4O/c1-16-6-5-12-23(15-16)20(25)9-10-21-14-18-7-3-4-8-19(18)24-13-11-22-17(24)2/h3-4,7-8,11,13,16,21H,5-6,9-10,12,14-15H2,1-2H3. The summed E-state index contributed by atoms with van der Waals surface area (Å²) in [7, 11) is 0. The second-order valence-corrected chi connectivity index (χ2v) is 6.99. The van der Waals surface area contributed by atoms with Crippen LogP contribution in [0.4, 0.5) is 0 Å². The minimum absolute atomic E-state index is 0.276. The molecule has 0 bridgehead atoms. The molecule has 1 aliphatic heterocycles. The van der Waals surface area contributed by atoms with E-state index in [2.05, 4.69) is 33.9 Å². The topological polar surface area (TPSA) is 50.2 Å². The first-order chi connectivity index (χ1) is 12.1.